The van der Waals surface area contributed by atoms with E-state index in [0.29, 0.717) is 11.3 Å². The van der Waals surface area contributed by atoms with Crippen LogP contribution in [0.5, 0.6) is 0 Å². The van der Waals surface area contributed by atoms with Crippen molar-refractivity contribution in [3.8, 4) is 0 Å². The molecule has 0 aliphatic heterocycles. The molecular formula is C15H22N2OS. The zero-order chi connectivity index (χ0) is 13.7. The molecule has 1 aliphatic carbocycles. The number of carbonyl (C=O) groups is 1. The van der Waals surface area contributed by atoms with Crippen LogP contribution in [-0.2, 0) is 0 Å². The van der Waals surface area contributed by atoms with E-state index in [-0.39, 0.29) is 5.91 Å². The fourth-order valence-electron chi connectivity index (χ4n) is 2.57. The smallest absolute Gasteiger partial charge is 0.253 e. The summed E-state index contributed by atoms with van der Waals surface area (Å²) in [5, 5.41) is 7.11. The van der Waals surface area contributed by atoms with Crippen LogP contribution in [0.4, 0.5) is 5.69 Å². The Hall–Kier alpha value is -1.16. The number of hydrogen-bond donors (Lipinski definition) is 2. The SMILES string of the molecule is CCNc1ccccc1C(=O)NC1CCC(SC)C1. The summed E-state index contributed by atoms with van der Waals surface area (Å²) < 4.78 is 0. The summed E-state index contributed by atoms with van der Waals surface area (Å²) in [7, 11) is 0. The van der Waals surface area contributed by atoms with Gasteiger partial charge in [-0.05, 0) is 44.6 Å². The molecule has 0 saturated heterocycles. The molecule has 0 aromatic heterocycles. The molecule has 0 bridgehead atoms. The van der Waals surface area contributed by atoms with E-state index < -0.39 is 0 Å². The highest BCUT2D eigenvalue weighted by Gasteiger charge is 2.25. The summed E-state index contributed by atoms with van der Waals surface area (Å²) in [4.78, 5) is 12.3. The molecule has 0 heterocycles. The number of anilines is 1. The normalized spacial score (nSPS) is 22.2. The molecule has 3 nitrogen and oxygen atoms in total. The van der Waals surface area contributed by atoms with E-state index in [4.69, 9.17) is 0 Å². The monoisotopic (exact) mass is 278 g/mol. The van der Waals surface area contributed by atoms with Crippen molar-refractivity contribution in [3.63, 3.8) is 0 Å². The highest BCUT2D eigenvalue weighted by atomic mass is 32.2. The van der Waals surface area contributed by atoms with Gasteiger partial charge in [0.2, 0.25) is 0 Å². The molecule has 1 amide bonds. The Morgan fingerprint density at radius 2 is 2.16 bits per heavy atom. The van der Waals surface area contributed by atoms with Gasteiger partial charge in [-0.3, -0.25) is 4.79 Å². The van der Waals surface area contributed by atoms with Crippen LogP contribution in [0.2, 0.25) is 0 Å². The van der Waals surface area contributed by atoms with Crippen molar-refractivity contribution >= 4 is 23.4 Å². The van der Waals surface area contributed by atoms with Gasteiger partial charge in [0.15, 0.2) is 0 Å². The molecule has 19 heavy (non-hydrogen) atoms. The lowest BCUT2D eigenvalue weighted by atomic mass is 10.1. The molecule has 0 spiro atoms. The van der Waals surface area contributed by atoms with Crippen LogP contribution in [0, 0.1) is 0 Å². The van der Waals surface area contributed by atoms with Gasteiger partial charge in [-0.15, -0.1) is 0 Å². The predicted molar refractivity (Wildman–Crippen MR) is 83.0 cm³/mol. The van der Waals surface area contributed by atoms with E-state index in [1.54, 1.807) is 0 Å². The molecule has 1 aromatic carbocycles. The van der Waals surface area contributed by atoms with E-state index in [1.807, 2.05) is 43.0 Å². The van der Waals surface area contributed by atoms with E-state index >= 15 is 0 Å². The third-order valence-corrected chi connectivity index (χ3v) is 4.69. The molecule has 0 radical (unpaired) electrons. The first-order valence-electron chi connectivity index (χ1n) is 6.91. The summed E-state index contributed by atoms with van der Waals surface area (Å²) >= 11 is 1.91. The molecule has 1 aromatic rings. The third kappa shape index (κ3) is 3.66. The van der Waals surface area contributed by atoms with Crippen molar-refractivity contribution in [2.45, 2.75) is 37.5 Å². The van der Waals surface area contributed by atoms with Gasteiger partial charge >= 0.3 is 0 Å². The van der Waals surface area contributed by atoms with Crippen LogP contribution in [0.25, 0.3) is 0 Å². The Bertz CT molecular complexity index is 436. The molecule has 1 aliphatic rings. The summed E-state index contributed by atoms with van der Waals surface area (Å²) in [6.07, 6.45) is 5.55. The Morgan fingerprint density at radius 1 is 1.37 bits per heavy atom. The molecular weight excluding hydrogens is 256 g/mol. The molecule has 1 saturated carbocycles. The summed E-state index contributed by atoms with van der Waals surface area (Å²) in [5.74, 6) is 0.0447. The van der Waals surface area contributed by atoms with E-state index in [9.17, 15) is 4.79 Å². The van der Waals surface area contributed by atoms with Crippen molar-refractivity contribution in [2.24, 2.45) is 0 Å². The van der Waals surface area contributed by atoms with Gasteiger partial charge in [-0.1, -0.05) is 12.1 Å². The number of thioether (sulfide) groups is 1. The van der Waals surface area contributed by atoms with Crippen molar-refractivity contribution in [3.05, 3.63) is 29.8 Å². The van der Waals surface area contributed by atoms with E-state index in [1.165, 1.54) is 6.42 Å². The molecule has 2 atom stereocenters. The average molecular weight is 278 g/mol. The number of hydrogen-bond acceptors (Lipinski definition) is 3. The Balaban J connectivity index is 2.00. The van der Waals surface area contributed by atoms with Gasteiger partial charge < -0.3 is 10.6 Å². The molecule has 4 heteroatoms. The maximum Gasteiger partial charge on any atom is 0.253 e. The molecule has 2 unspecified atom stereocenters. The Labute approximate surface area is 119 Å². The highest BCUT2D eigenvalue weighted by Crippen LogP contribution is 2.28. The first-order valence-corrected chi connectivity index (χ1v) is 8.20. The van der Waals surface area contributed by atoms with Gasteiger partial charge in [-0.2, -0.15) is 11.8 Å². The number of nitrogens with one attached hydrogen (secondary N) is 2. The second-order valence-corrected chi connectivity index (χ2v) is 6.06. The lowest BCUT2D eigenvalue weighted by molar-refractivity contribution is 0.0939. The number of para-hydroxylation sites is 1. The van der Waals surface area contributed by atoms with Gasteiger partial charge in [0.1, 0.15) is 0 Å². The minimum atomic E-state index is 0.0447. The molecule has 104 valence electrons. The molecule has 2 rings (SSSR count). The summed E-state index contributed by atoms with van der Waals surface area (Å²) in [5.41, 5.74) is 1.67. The average Bonchev–Trinajstić information content (AvgIpc) is 2.87. The number of amides is 1. The molecule has 2 N–H and O–H groups in total. The van der Waals surface area contributed by atoms with Crippen molar-refractivity contribution in [2.75, 3.05) is 18.1 Å². The van der Waals surface area contributed by atoms with Crippen LogP contribution < -0.4 is 10.6 Å². The van der Waals surface area contributed by atoms with E-state index in [0.717, 1.165) is 30.6 Å². The largest absolute Gasteiger partial charge is 0.385 e. The summed E-state index contributed by atoms with van der Waals surface area (Å²) in [6.45, 7) is 2.86. The quantitative estimate of drug-likeness (QED) is 0.869. The lowest BCUT2D eigenvalue weighted by Crippen LogP contribution is -2.33. The first kappa shape index (κ1) is 14.3. The maximum absolute atomic E-state index is 12.3. The van der Waals surface area contributed by atoms with Crippen molar-refractivity contribution < 1.29 is 4.79 Å². The second-order valence-electron chi connectivity index (χ2n) is 4.92. The van der Waals surface area contributed by atoms with Crippen LogP contribution >= 0.6 is 11.8 Å². The fourth-order valence-corrected chi connectivity index (χ4v) is 3.37. The lowest BCUT2D eigenvalue weighted by Gasteiger charge is -2.15. The van der Waals surface area contributed by atoms with Gasteiger partial charge in [0.05, 0.1) is 5.56 Å². The fraction of sp³-hybridized carbons (Fsp3) is 0.533. The maximum atomic E-state index is 12.3. The van der Waals surface area contributed by atoms with Gasteiger partial charge in [0, 0.05) is 23.5 Å². The Kier molecular flexibility index (Phi) is 5.14. The number of rotatable bonds is 5. The minimum Gasteiger partial charge on any atom is -0.385 e. The van der Waals surface area contributed by atoms with Crippen molar-refractivity contribution in [1.29, 1.82) is 0 Å². The Morgan fingerprint density at radius 3 is 2.84 bits per heavy atom. The number of benzene rings is 1. The topological polar surface area (TPSA) is 41.1 Å². The second kappa shape index (κ2) is 6.85. The zero-order valence-corrected chi connectivity index (χ0v) is 12.4. The van der Waals surface area contributed by atoms with Gasteiger partial charge in [0.25, 0.3) is 5.91 Å². The van der Waals surface area contributed by atoms with Crippen LogP contribution in [0.3, 0.4) is 0 Å². The summed E-state index contributed by atoms with van der Waals surface area (Å²) in [6, 6.07) is 8.04. The van der Waals surface area contributed by atoms with Crippen LogP contribution in [-0.4, -0.2) is 30.0 Å². The number of carbonyl (C=O) groups excluding carboxylic acids is 1. The predicted octanol–water partition coefficient (Wildman–Crippen LogP) is 3.13. The van der Waals surface area contributed by atoms with Crippen LogP contribution in [0.15, 0.2) is 24.3 Å². The van der Waals surface area contributed by atoms with Crippen LogP contribution in [0.1, 0.15) is 36.5 Å². The first-order chi connectivity index (χ1) is 9.24. The van der Waals surface area contributed by atoms with Crippen molar-refractivity contribution in [1.82, 2.24) is 5.32 Å². The molecule has 1 fully saturated rings. The minimum absolute atomic E-state index is 0.0447. The third-order valence-electron chi connectivity index (χ3n) is 3.59. The van der Waals surface area contributed by atoms with E-state index in [2.05, 4.69) is 16.9 Å². The highest BCUT2D eigenvalue weighted by molar-refractivity contribution is 7.99. The zero-order valence-electron chi connectivity index (χ0n) is 11.6. The standard InChI is InChI=1S/C15H22N2OS/c1-3-16-14-7-5-4-6-13(14)15(18)17-11-8-9-12(10-11)19-2/h4-7,11-12,16H,3,8-10H2,1-2H3,(H,17,18). The van der Waals surface area contributed by atoms with Gasteiger partial charge in [-0.25, -0.2) is 0 Å².